The van der Waals surface area contributed by atoms with E-state index >= 15 is 0 Å². The van der Waals surface area contributed by atoms with E-state index in [2.05, 4.69) is 5.10 Å². The third-order valence-corrected chi connectivity index (χ3v) is 4.26. The Hall–Kier alpha value is -1.47. The van der Waals surface area contributed by atoms with E-state index in [1.165, 1.54) is 42.6 Å². The van der Waals surface area contributed by atoms with Gasteiger partial charge in [0.15, 0.2) is 0 Å². The number of carbonyl (C=O) groups is 1. The molecule has 0 aliphatic rings. The fraction of sp³-hybridized carbons (Fsp3) is 0. The van der Waals surface area contributed by atoms with E-state index in [1.54, 1.807) is 0 Å². The number of carbonyl (C=O) groups excluding carboxylic acids is 1. The van der Waals surface area contributed by atoms with Crippen molar-refractivity contribution in [2.45, 2.75) is 4.90 Å². The van der Waals surface area contributed by atoms with Gasteiger partial charge >= 0.3 is 51.4 Å². The monoisotopic (exact) mass is 387 g/mol. The van der Waals surface area contributed by atoms with Gasteiger partial charge in [0.1, 0.15) is 4.90 Å². The van der Waals surface area contributed by atoms with Gasteiger partial charge < -0.3 is 0 Å². The van der Waals surface area contributed by atoms with Crippen molar-refractivity contribution in [2.75, 3.05) is 0 Å². The topological polar surface area (TPSA) is 132 Å². The molecule has 2 aromatic carbocycles. The van der Waals surface area contributed by atoms with Crippen molar-refractivity contribution in [3.63, 3.8) is 0 Å². The van der Waals surface area contributed by atoms with Crippen LogP contribution in [0.5, 0.6) is 0 Å². The molecule has 0 spiro atoms. The Morgan fingerprint density at radius 3 is 2.52 bits per heavy atom. The predicted molar refractivity (Wildman–Crippen MR) is 89.5 cm³/mol. The van der Waals surface area contributed by atoms with Gasteiger partial charge in [0.2, 0.25) is 0 Å². The molecule has 0 bridgehead atoms. The number of hydrogen-bond acceptors (Lipinski definition) is 6. The molecule has 1 aromatic heterocycles. The maximum absolute atomic E-state index is 12.6. The number of rotatable bonds is 3. The van der Waals surface area contributed by atoms with E-state index in [0.717, 1.165) is 10.7 Å². The van der Waals surface area contributed by atoms with Crippen LogP contribution in [0.15, 0.2) is 53.6 Å². The quantitative estimate of drug-likeness (QED) is 0.309. The van der Waals surface area contributed by atoms with Crippen LogP contribution in [0.25, 0.3) is 10.9 Å². The number of nitro benzene ring substituents is 1. The van der Waals surface area contributed by atoms with Crippen LogP contribution in [0.4, 0.5) is 5.69 Å². The van der Waals surface area contributed by atoms with Gasteiger partial charge in [0, 0.05) is 17.5 Å². The van der Waals surface area contributed by atoms with Crippen molar-refractivity contribution in [1.29, 1.82) is 0 Å². The minimum atomic E-state index is -4.59. The molecule has 25 heavy (non-hydrogen) atoms. The number of benzene rings is 2. The van der Waals surface area contributed by atoms with E-state index in [-0.39, 0.29) is 68.2 Å². The van der Waals surface area contributed by atoms with Gasteiger partial charge in [-0.1, -0.05) is 12.1 Å². The van der Waals surface area contributed by atoms with Crippen molar-refractivity contribution in [3.8, 4) is 0 Å². The molecule has 3 aromatic rings. The summed E-state index contributed by atoms with van der Waals surface area (Å²) in [7, 11) is -4.59. The summed E-state index contributed by atoms with van der Waals surface area (Å²) in [4.78, 5) is 22.3. The Morgan fingerprint density at radius 2 is 1.88 bits per heavy atom. The maximum atomic E-state index is 12.6. The summed E-state index contributed by atoms with van der Waals surface area (Å²) in [5.41, 5.74) is -0.146. The van der Waals surface area contributed by atoms with Gasteiger partial charge in [-0.3, -0.25) is 19.5 Å². The first-order valence-electron chi connectivity index (χ1n) is 6.52. The molecule has 0 amide bonds. The minimum absolute atomic E-state index is 0. The zero-order chi connectivity index (χ0) is 17.5. The molecule has 0 aliphatic carbocycles. The van der Waals surface area contributed by atoms with Crippen LogP contribution in [0.3, 0.4) is 0 Å². The second-order valence-electron chi connectivity index (χ2n) is 4.83. The van der Waals surface area contributed by atoms with Crippen LogP contribution < -0.4 is 0 Å². The van der Waals surface area contributed by atoms with Gasteiger partial charge in [0.25, 0.3) is 21.7 Å². The number of aromatic nitrogens is 2. The van der Waals surface area contributed by atoms with Gasteiger partial charge in [-0.25, -0.2) is 0 Å². The van der Waals surface area contributed by atoms with Crippen LogP contribution in [0, 0.1) is 10.1 Å². The molecular weight excluding hydrogens is 377 g/mol. The van der Waals surface area contributed by atoms with Crippen LogP contribution in [0.1, 0.15) is 10.4 Å². The molecule has 0 radical (unpaired) electrons. The molecule has 0 saturated carbocycles. The molecule has 1 N–H and O–H groups in total. The Bertz CT molecular complexity index is 1090. The van der Waals surface area contributed by atoms with E-state index in [9.17, 15) is 27.9 Å². The van der Waals surface area contributed by atoms with Crippen LogP contribution >= 0.6 is 0 Å². The molecule has 0 saturated heterocycles. The average Bonchev–Trinajstić information content (AvgIpc) is 2.96. The summed E-state index contributed by atoms with van der Waals surface area (Å²) >= 11 is 0. The molecule has 3 rings (SSSR count). The second-order valence-corrected chi connectivity index (χ2v) is 6.22. The van der Waals surface area contributed by atoms with E-state index < -0.39 is 25.8 Å². The van der Waals surface area contributed by atoms with Crippen molar-refractivity contribution in [2.24, 2.45) is 0 Å². The summed E-state index contributed by atoms with van der Waals surface area (Å²) in [6, 6.07) is 8.95. The second kappa shape index (κ2) is 7.41. The summed E-state index contributed by atoms with van der Waals surface area (Å²) in [5.74, 6) is -0.785. The van der Waals surface area contributed by atoms with E-state index in [1.807, 2.05) is 0 Å². The zero-order valence-corrected chi connectivity index (χ0v) is 12.7. The summed E-state index contributed by atoms with van der Waals surface area (Å²) in [6.45, 7) is 0. The van der Waals surface area contributed by atoms with Crippen LogP contribution in [0.2, 0.25) is 0 Å². The third kappa shape index (κ3) is 3.87. The molecule has 0 unspecified atom stereocenters. The molecule has 124 valence electrons. The van der Waals surface area contributed by atoms with Crippen molar-refractivity contribution < 1.29 is 22.7 Å². The molecule has 1 heterocycles. The van der Waals surface area contributed by atoms with Gasteiger partial charge in [-0.2, -0.15) is 18.2 Å². The molecule has 0 fully saturated rings. The Balaban J connectivity index is 0.00000225. The SMILES string of the molecule is O=C(c1ccccc1S(=O)(=O)O)n1ncc2cc([N+](=O)[O-])ccc21.[KH]. The summed E-state index contributed by atoms with van der Waals surface area (Å²) < 4.78 is 33.0. The molecule has 0 aliphatic heterocycles. The number of fused-ring (bicyclic) bond motifs is 1. The van der Waals surface area contributed by atoms with Crippen molar-refractivity contribution >= 4 is 84.0 Å². The van der Waals surface area contributed by atoms with Crippen LogP contribution in [-0.2, 0) is 10.1 Å². The Labute approximate surface area is 184 Å². The van der Waals surface area contributed by atoms with Crippen molar-refractivity contribution in [1.82, 2.24) is 9.78 Å². The first-order valence-corrected chi connectivity index (χ1v) is 7.96. The normalized spacial score (nSPS) is 11.1. The molecule has 11 heteroatoms. The Kier molecular flexibility index (Phi) is 5.88. The number of nitrogens with zero attached hydrogens (tertiary/aromatic N) is 3. The Morgan fingerprint density at radius 1 is 1.20 bits per heavy atom. The number of hydrogen-bond donors (Lipinski definition) is 1. The first kappa shape index (κ1) is 19.8. The molecule has 0 atom stereocenters. The molecule has 9 nitrogen and oxygen atoms in total. The average molecular weight is 387 g/mol. The number of nitro groups is 1. The van der Waals surface area contributed by atoms with Gasteiger partial charge in [-0.15, -0.1) is 0 Å². The van der Waals surface area contributed by atoms with Crippen molar-refractivity contribution in [3.05, 3.63) is 64.3 Å². The van der Waals surface area contributed by atoms with Gasteiger partial charge in [0.05, 0.1) is 22.2 Å². The fourth-order valence-corrected chi connectivity index (χ4v) is 2.96. The fourth-order valence-electron chi connectivity index (χ4n) is 2.28. The zero-order valence-electron chi connectivity index (χ0n) is 11.9. The van der Waals surface area contributed by atoms with E-state index in [0.29, 0.717) is 5.39 Å². The predicted octanol–water partition coefficient (Wildman–Crippen LogP) is 1.23. The standard InChI is InChI=1S/C14H9N3O6S.K.H/c18-14(11-3-1-2-4-13(11)24(21,22)23)16-12-6-5-10(17(19)20)7-9(12)8-15-16;;/h1-8H,(H,21,22,23);;. The van der Waals surface area contributed by atoms with Crippen LogP contribution in [-0.4, -0.2) is 85.0 Å². The van der Waals surface area contributed by atoms with Gasteiger partial charge in [-0.05, 0) is 18.2 Å². The summed E-state index contributed by atoms with van der Waals surface area (Å²) in [5, 5.41) is 15.0. The first-order chi connectivity index (χ1) is 11.3. The number of non-ortho nitro benzene ring substituents is 1. The third-order valence-electron chi connectivity index (χ3n) is 3.35. The van der Waals surface area contributed by atoms with E-state index in [4.69, 9.17) is 0 Å². The molecular formula is C14H10KN3O6S. The summed E-state index contributed by atoms with van der Waals surface area (Å²) in [6.07, 6.45) is 1.26.